The third kappa shape index (κ3) is 3.88. The average molecular weight is 370 g/mol. The number of nitro benzene ring substituents is 1. The number of hydrogen-bond donors (Lipinski definition) is 2. The molecule has 2 rings (SSSR count). The van der Waals surface area contributed by atoms with Gasteiger partial charge in [0.05, 0.1) is 9.95 Å². The summed E-state index contributed by atoms with van der Waals surface area (Å²) in [5.74, 6) is -0.625. The Balaban J connectivity index is 2.33. The highest BCUT2D eigenvalue weighted by atomic mass is 35.5. The van der Waals surface area contributed by atoms with Crippen LogP contribution in [0.4, 0.5) is 11.4 Å². The number of nitro groups is 1. The van der Waals surface area contributed by atoms with Crippen molar-refractivity contribution < 1.29 is 18.1 Å². The van der Waals surface area contributed by atoms with Crippen LogP contribution in [0.3, 0.4) is 0 Å². The van der Waals surface area contributed by atoms with Gasteiger partial charge in [0.15, 0.2) is 0 Å². The second-order valence-corrected chi connectivity index (χ2v) is 6.88. The van der Waals surface area contributed by atoms with Crippen molar-refractivity contribution in [2.24, 2.45) is 0 Å². The van der Waals surface area contributed by atoms with Crippen molar-refractivity contribution in [2.75, 3.05) is 12.4 Å². The summed E-state index contributed by atoms with van der Waals surface area (Å²) in [7, 11) is -2.60. The first-order chi connectivity index (χ1) is 11.2. The SMILES string of the molecule is CNS(=O)(=O)c1cc(C(=O)Nc2cccc([N+](=O)[O-])c2)ccc1Cl. The van der Waals surface area contributed by atoms with Gasteiger partial charge in [-0.1, -0.05) is 17.7 Å². The third-order valence-corrected chi connectivity index (χ3v) is 4.96. The molecule has 0 aliphatic heterocycles. The molecule has 126 valence electrons. The molecule has 2 aromatic carbocycles. The van der Waals surface area contributed by atoms with Gasteiger partial charge < -0.3 is 5.32 Å². The van der Waals surface area contributed by atoms with Crippen LogP contribution in [0, 0.1) is 10.1 Å². The van der Waals surface area contributed by atoms with Crippen LogP contribution in [0.2, 0.25) is 5.02 Å². The maximum Gasteiger partial charge on any atom is 0.271 e. The monoisotopic (exact) mass is 369 g/mol. The Hall–Kier alpha value is -2.49. The predicted octanol–water partition coefficient (Wildman–Crippen LogP) is 2.41. The summed E-state index contributed by atoms with van der Waals surface area (Å²) in [5.41, 5.74) is 0.0734. The summed E-state index contributed by atoms with van der Waals surface area (Å²) in [6.07, 6.45) is 0. The lowest BCUT2D eigenvalue weighted by Crippen LogP contribution is -2.20. The summed E-state index contributed by atoms with van der Waals surface area (Å²) in [6, 6.07) is 9.14. The molecule has 0 saturated carbocycles. The standard InChI is InChI=1S/C14H12ClN3O5S/c1-16-24(22,23)13-7-9(5-6-12(13)15)14(19)17-10-3-2-4-11(8-10)18(20)21/h2-8,16H,1H3,(H,17,19). The molecule has 0 fully saturated rings. The smallest absolute Gasteiger partial charge is 0.271 e. The van der Waals surface area contributed by atoms with Crippen LogP contribution in [0.15, 0.2) is 47.4 Å². The summed E-state index contributed by atoms with van der Waals surface area (Å²) >= 11 is 5.85. The molecule has 24 heavy (non-hydrogen) atoms. The molecule has 1 amide bonds. The first-order valence-electron chi connectivity index (χ1n) is 6.53. The summed E-state index contributed by atoms with van der Waals surface area (Å²) < 4.78 is 25.9. The number of nitrogens with zero attached hydrogens (tertiary/aromatic N) is 1. The molecule has 0 aliphatic rings. The zero-order chi connectivity index (χ0) is 17.9. The number of nitrogens with one attached hydrogen (secondary N) is 2. The Kier molecular flexibility index (Phi) is 5.17. The molecule has 0 radical (unpaired) electrons. The molecule has 2 aromatic rings. The molecular weight excluding hydrogens is 358 g/mol. The number of halogens is 1. The normalized spacial score (nSPS) is 11.1. The Morgan fingerprint density at radius 1 is 1.21 bits per heavy atom. The summed E-state index contributed by atoms with van der Waals surface area (Å²) in [5, 5.41) is 13.2. The fourth-order valence-electron chi connectivity index (χ4n) is 1.86. The molecule has 0 unspecified atom stereocenters. The lowest BCUT2D eigenvalue weighted by Gasteiger charge is -2.09. The van der Waals surface area contributed by atoms with E-state index >= 15 is 0 Å². The number of carbonyl (C=O) groups excluding carboxylic acids is 1. The van der Waals surface area contributed by atoms with Crippen LogP contribution in [0.1, 0.15) is 10.4 Å². The Bertz CT molecular complexity index is 914. The van der Waals surface area contributed by atoms with Crippen molar-refractivity contribution in [2.45, 2.75) is 4.90 Å². The van der Waals surface area contributed by atoms with Gasteiger partial charge in [0.1, 0.15) is 4.90 Å². The highest BCUT2D eigenvalue weighted by Crippen LogP contribution is 2.23. The van der Waals surface area contributed by atoms with Gasteiger partial charge in [-0.2, -0.15) is 0 Å². The van der Waals surface area contributed by atoms with Crippen molar-refractivity contribution in [3.05, 3.63) is 63.2 Å². The lowest BCUT2D eigenvalue weighted by molar-refractivity contribution is -0.384. The number of benzene rings is 2. The molecule has 0 bridgehead atoms. The van der Waals surface area contributed by atoms with Crippen LogP contribution in [-0.2, 0) is 10.0 Å². The van der Waals surface area contributed by atoms with E-state index in [0.29, 0.717) is 0 Å². The fourth-order valence-corrected chi connectivity index (χ4v) is 3.11. The molecule has 8 nitrogen and oxygen atoms in total. The molecule has 0 aliphatic carbocycles. The zero-order valence-corrected chi connectivity index (χ0v) is 13.9. The molecular formula is C14H12ClN3O5S. The van der Waals surface area contributed by atoms with E-state index in [9.17, 15) is 23.3 Å². The maximum absolute atomic E-state index is 12.2. The van der Waals surface area contributed by atoms with Gasteiger partial charge in [-0.05, 0) is 31.3 Å². The van der Waals surface area contributed by atoms with Gasteiger partial charge in [0.2, 0.25) is 10.0 Å². The van der Waals surface area contributed by atoms with E-state index < -0.39 is 20.9 Å². The van der Waals surface area contributed by atoms with E-state index in [1.165, 1.54) is 43.4 Å². The highest BCUT2D eigenvalue weighted by molar-refractivity contribution is 7.89. The molecule has 2 N–H and O–H groups in total. The van der Waals surface area contributed by atoms with E-state index in [4.69, 9.17) is 11.6 Å². The van der Waals surface area contributed by atoms with Gasteiger partial charge in [-0.3, -0.25) is 14.9 Å². The number of non-ortho nitro benzene ring substituents is 1. The van der Waals surface area contributed by atoms with Crippen molar-refractivity contribution >= 4 is 38.9 Å². The molecule has 0 aromatic heterocycles. The van der Waals surface area contributed by atoms with E-state index in [-0.39, 0.29) is 26.9 Å². The van der Waals surface area contributed by atoms with Crippen LogP contribution in [0.5, 0.6) is 0 Å². The molecule has 10 heteroatoms. The van der Waals surface area contributed by atoms with Crippen LogP contribution >= 0.6 is 11.6 Å². The highest BCUT2D eigenvalue weighted by Gasteiger charge is 2.19. The molecule has 0 heterocycles. The van der Waals surface area contributed by atoms with E-state index in [2.05, 4.69) is 10.0 Å². The number of rotatable bonds is 5. The van der Waals surface area contributed by atoms with Crippen molar-refractivity contribution in [1.82, 2.24) is 4.72 Å². The lowest BCUT2D eigenvalue weighted by atomic mass is 10.2. The predicted molar refractivity (Wildman–Crippen MR) is 88.7 cm³/mol. The van der Waals surface area contributed by atoms with Crippen molar-refractivity contribution in [1.29, 1.82) is 0 Å². The fraction of sp³-hybridized carbons (Fsp3) is 0.0714. The number of carbonyl (C=O) groups is 1. The Morgan fingerprint density at radius 3 is 2.54 bits per heavy atom. The number of sulfonamides is 1. The maximum atomic E-state index is 12.2. The van der Waals surface area contributed by atoms with E-state index in [0.717, 1.165) is 6.07 Å². The second kappa shape index (κ2) is 6.95. The van der Waals surface area contributed by atoms with Gasteiger partial charge >= 0.3 is 0 Å². The topological polar surface area (TPSA) is 118 Å². The first-order valence-corrected chi connectivity index (χ1v) is 8.39. The van der Waals surface area contributed by atoms with Crippen LogP contribution in [0.25, 0.3) is 0 Å². The van der Waals surface area contributed by atoms with Crippen LogP contribution in [-0.4, -0.2) is 26.3 Å². The number of anilines is 1. The van der Waals surface area contributed by atoms with Gasteiger partial charge in [0, 0.05) is 23.4 Å². The Morgan fingerprint density at radius 2 is 1.92 bits per heavy atom. The molecule has 0 saturated heterocycles. The van der Waals surface area contributed by atoms with E-state index in [1.807, 2.05) is 0 Å². The average Bonchev–Trinajstić information content (AvgIpc) is 2.55. The largest absolute Gasteiger partial charge is 0.322 e. The van der Waals surface area contributed by atoms with Gasteiger partial charge in [-0.15, -0.1) is 0 Å². The summed E-state index contributed by atoms with van der Waals surface area (Å²) in [6.45, 7) is 0. The molecule has 0 atom stereocenters. The molecule has 0 spiro atoms. The minimum absolute atomic E-state index is 0.0313. The quantitative estimate of drug-likeness (QED) is 0.619. The number of amides is 1. The third-order valence-electron chi connectivity index (χ3n) is 3.07. The zero-order valence-electron chi connectivity index (χ0n) is 12.3. The first kappa shape index (κ1) is 17.9. The number of hydrogen-bond acceptors (Lipinski definition) is 5. The Labute approximate surface area is 142 Å². The second-order valence-electron chi connectivity index (χ2n) is 4.61. The summed E-state index contributed by atoms with van der Waals surface area (Å²) in [4.78, 5) is 22.1. The minimum Gasteiger partial charge on any atom is -0.322 e. The van der Waals surface area contributed by atoms with Gasteiger partial charge in [-0.25, -0.2) is 13.1 Å². The van der Waals surface area contributed by atoms with Crippen molar-refractivity contribution in [3.8, 4) is 0 Å². The van der Waals surface area contributed by atoms with Gasteiger partial charge in [0.25, 0.3) is 11.6 Å². The van der Waals surface area contributed by atoms with E-state index in [1.54, 1.807) is 0 Å². The minimum atomic E-state index is -3.83. The van der Waals surface area contributed by atoms with Crippen molar-refractivity contribution in [3.63, 3.8) is 0 Å². The van der Waals surface area contributed by atoms with Crippen LogP contribution < -0.4 is 10.0 Å².